The quantitative estimate of drug-likeness (QED) is 0.614. The minimum atomic E-state index is 0.295. The Labute approximate surface area is 158 Å². The Hall–Kier alpha value is -2.66. The van der Waals surface area contributed by atoms with Gasteiger partial charge in [-0.05, 0) is 43.2 Å². The summed E-state index contributed by atoms with van der Waals surface area (Å²) in [5, 5.41) is 7.44. The fraction of sp³-hybridized carbons (Fsp3) is 0.250. The number of nitrogens with one attached hydrogen (secondary N) is 2. The highest BCUT2D eigenvalue weighted by atomic mass is 35.5. The number of halogens is 1. The van der Waals surface area contributed by atoms with E-state index in [1.807, 2.05) is 42.5 Å². The third-order valence-electron chi connectivity index (χ3n) is 4.05. The first kappa shape index (κ1) is 18.1. The molecule has 2 heterocycles. The van der Waals surface area contributed by atoms with E-state index in [1.165, 1.54) is 0 Å². The summed E-state index contributed by atoms with van der Waals surface area (Å²) in [6.45, 7) is 4.88. The zero-order valence-corrected chi connectivity index (χ0v) is 15.7. The van der Waals surface area contributed by atoms with Gasteiger partial charge in [0.15, 0.2) is 0 Å². The van der Waals surface area contributed by atoms with Crippen LogP contribution in [0, 0.1) is 0 Å². The lowest BCUT2D eigenvalue weighted by Crippen LogP contribution is -2.16. The van der Waals surface area contributed by atoms with Gasteiger partial charge in [0.2, 0.25) is 5.95 Å². The Morgan fingerprint density at radius 3 is 2.62 bits per heavy atom. The third kappa shape index (κ3) is 4.92. The first-order valence-corrected chi connectivity index (χ1v) is 9.06. The van der Waals surface area contributed by atoms with Crippen LogP contribution in [-0.2, 0) is 6.54 Å². The van der Waals surface area contributed by atoms with E-state index in [1.54, 1.807) is 12.4 Å². The lowest BCUT2D eigenvalue weighted by Gasteiger charge is -2.14. The van der Waals surface area contributed by atoms with Crippen LogP contribution in [0.25, 0.3) is 11.3 Å². The van der Waals surface area contributed by atoms with E-state index in [0.29, 0.717) is 18.5 Å². The van der Waals surface area contributed by atoms with E-state index in [9.17, 15) is 0 Å². The minimum absolute atomic E-state index is 0.295. The molecule has 6 heteroatoms. The first-order chi connectivity index (χ1) is 12.6. The average molecular weight is 368 g/mol. The maximum absolute atomic E-state index is 6.06. The Balaban J connectivity index is 1.86. The van der Waals surface area contributed by atoms with Crippen LogP contribution in [0.4, 0.5) is 11.8 Å². The van der Waals surface area contributed by atoms with Crippen LogP contribution < -0.4 is 10.6 Å². The summed E-state index contributed by atoms with van der Waals surface area (Å²) in [5.41, 5.74) is 2.94. The molecule has 0 bridgehead atoms. The summed E-state index contributed by atoms with van der Waals surface area (Å²) in [6, 6.07) is 13.9. The van der Waals surface area contributed by atoms with Crippen molar-refractivity contribution in [2.75, 3.05) is 10.6 Å². The lowest BCUT2D eigenvalue weighted by molar-refractivity contribution is 0.753. The van der Waals surface area contributed by atoms with Gasteiger partial charge in [-0.2, -0.15) is 4.98 Å². The van der Waals surface area contributed by atoms with E-state index >= 15 is 0 Å². The van der Waals surface area contributed by atoms with Crippen LogP contribution in [0.5, 0.6) is 0 Å². The third-order valence-corrected chi connectivity index (χ3v) is 4.29. The number of benzene rings is 1. The maximum atomic E-state index is 6.06. The second kappa shape index (κ2) is 8.63. The van der Waals surface area contributed by atoms with Gasteiger partial charge in [-0.15, -0.1) is 0 Å². The van der Waals surface area contributed by atoms with Gasteiger partial charge in [0.25, 0.3) is 0 Å². The van der Waals surface area contributed by atoms with Gasteiger partial charge in [0, 0.05) is 41.6 Å². The molecule has 5 nitrogen and oxygen atoms in total. The van der Waals surface area contributed by atoms with Crippen molar-refractivity contribution in [1.29, 1.82) is 0 Å². The molecule has 3 rings (SSSR count). The number of nitrogens with zero attached hydrogens (tertiary/aromatic N) is 3. The van der Waals surface area contributed by atoms with E-state index in [4.69, 9.17) is 11.6 Å². The van der Waals surface area contributed by atoms with Crippen molar-refractivity contribution >= 4 is 23.4 Å². The van der Waals surface area contributed by atoms with Gasteiger partial charge in [-0.1, -0.05) is 30.7 Å². The van der Waals surface area contributed by atoms with E-state index in [2.05, 4.69) is 39.4 Å². The normalized spacial score (nSPS) is 11.8. The highest BCUT2D eigenvalue weighted by Gasteiger charge is 2.09. The van der Waals surface area contributed by atoms with Gasteiger partial charge in [0.1, 0.15) is 5.82 Å². The van der Waals surface area contributed by atoms with Gasteiger partial charge >= 0.3 is 0 Å². The number of anilines is 2. The summed E-state index contributed by atoms with van der Waals surface area (Å²) in [4.78, 5) is 13.3. The molecule has 1 aromatic carbocycles. The molecule has 134 valence electrons. The molecule has 0 spiro atoms. The van der Waals surface area contributed by atoms with Crippen molar-refractivity contribution in [3.63, 3.8) is 0 Å². The van der Waals surface area contributed by atoms with Crippen LogP contribution in [0.1, 0.15) is 25.8 Å². The number of pyridine rings is 1. The fourth-order valence-electron chi connectivity index (χ4n) is 2.43. The summed E-state index contributed by atoms with van der Waals surface area (Å²) >= 11 is 6.06. The number of hydrogen-bond acceptors (Lipinski definition) is 5. The van der Waals surface area contributed by atoms with Crippen molar-refractivity contribution < 1.29 is 0 Å². The molecule has 0 amide bonds. The molecule has 0 aliphatic carbocycles. The van der Waals surface area contributed by atoms with Crippen molar-refractivity contribution in [3.05, 3.63) is 65.4 Å². The highest BCUT2D eigenvalue weighted by Crippen LogP contribution is 2.22. The Morgan fingerprint density at radius 1 is 1.08 bits per heavy atom. The van der Waals surface area contributed by atoms with Crippen LogP contribution in [0.15, 0.2) is 54.9 Å². The summed E-state index contributed by atoms with van der Waals surface area (Å²) in [5.74, 6) is 1.37. The van der Waals surface area contributed by atoms with E-state index in [-0.39, 0.29) is 0 Å². The molecule has 0 saturated heterocycles. The second-order valence-corrected chi connectivity index (χ2v) is 6.57. The zero-order chi connectivity index (χ0) is 18.4. The molecule has 2 N–H and O–H groups in total. The summed E-state index contributed by atoms with van der Waals surface area (Å²) < 4.78 is 0. The predicted molar refractivity (Wildman–Crippen MR) is 107 cm³/mol. The molecule has 0 radical (unpaired) electrons. The van der Waals surface area contributed by atoms with Crippen molar-refractivity contribution in [2.24, 2.45) is 0 Å². The van der Waals surface area contributed by atoms with E-state index in [0.717, 1.165) is 34.1 Å². The molecular weight excluding hydrogens is 346 g/mol. The minimum Gasteiger partial charge on any atom is -0.366 e. The monoisotopic (exact) mass is 367 g/mol. The molecule has 1 atom stereocenters. The Kier molecular flexibility index (Phi) is 6.02. The maximum Gasteiger partial charge on any atom is 0.225 e. The highest BCUT2D eigenvalue weighted by molar-refractivity contribution is 6.30. The SMILES string of the molecule is CC[C@@H](C)Nc1nc(NCc2cccc(Cl)c2)cc(-c2ccncc2)n1. The number of rotatable bonds is 7. The lowest BCUT2D eigenvalue weighted by atomic mass is 10.2. The molecular formula is C20H22ClN5. The molecule has 0 aliphatic rings. The smallest absolute Gasteiger partial charge is 0.225 e. The number of aromatic nitrogens is 3. The fourth-order valence-corrected chi connectivity index (χ4v) is 2.65. The zero-order valence-electron chi connectivity index (χ0n) is 14.9. The molecule has 0 unspecified atom stereocenters. The van der Waals surface area contributed by atoms with Crippen LogP contribution in [-0.4, -0.2) is 21.0 Å². The topological polar surface area (TPSA) is 62.7 Å². The summed E-state index contributed by atoms with van der Waals surface area (Å²) in [7, 11) is 0. The van der Waals surface area contributed by atoms with Crippen molar-refractivity contribution in [2.45, 2.75) is 32.9 Å². The van der Waals surface area contributed by atoms with Gasteiger partial charge in [-0.25, -0.2) is 4.98 Å². The molecule has 0 saturated carbocycles. The van der Waals surface area contributed by atoms with Gasteiger partial charge in [0.05, 0.1) is 5.69 Å². The molecule has 0 fully saturated rings. The first-order valence-electron chi connectivity index (χ1n) is 8.68. The largest absolute Gasteiger partial charge is 0.366 e. The van der Waals surface area contributed by atoms with Crippen LogP contribution in [0.3, 0.4) is 0 Å². The average Bonchev–Trinajstić information content (AvgIpc) is 2.67. The van der Waals surface area contributed by atoms with Crippen LogP contribution >= 0.6 is 11.6 Å². The Bertz CT molecular complexity index is 854. The molecule has 2 aromatic heterocycles. The predicted octanol–water partition coefficient (Wildman–Crippen LogP) is 5.01. The van der Waals surface area contributed by atoms with E-state index < -0.39 is 0 Å². The molecule has 3 aromatic rings. The van der Waals surface area contributed by atoms with Gasteiger partial charge < -0.3 is 10.6 Å². The second-order valence-electron chi connectivity index (χ2n) is 6.14. The summed E-state index contributed by atoms with van der Waals surface area (Å²) in [6.07, 6.45) is 4.52. The standard InChI is InChI=1S/C20H22ClN5/c1-3-14(2)24-20-25-18(16-7-9-22-10-8-16)12-19(26-20)23-13-15-5-4-6-17(21)11-15/h4-12,14H,3,13H2,1-2H3,(H2,23,24,25,26)/t14-/m1/s1. The van der Waals surface area contributed by atoms with Crippen LogP contribution in [0.2, 0.25) is 5.02 Å². The Morgan fingerprint density at radius 2 is 1.88 bits per heavy atom. The van der Waals surface area contributed by atoms with Crippen molar-refractivity contribution in [1.82, 2.24) is 15.0 Å². The molecule has 0 aliphatic heterocycles. The molecule has 26 heavy (non-hydrogen) atoms. The van der Waals surface area contributed by atoms with Gasteiger partial charge in [-0.3, -0.25) is 4.98 Å². The number of hydrogen-bond donors (Lipinski definition) is 2. The van der Waals surface area contributed by atoms with Crippen molar-refractivity contribution in [3.8, 4) is 11.3 Å².